The lowest BCUT2D eigenvalue weighted by atomic mass is 10.0. The highest BCUT2D eigenvalue weighted by Gasteiger charge is 2.18. The third-order valence-corrected chi connectivity index (χ3v) is 5.88. The maximum Gasteiger partial charge on any atom is 0.223 e. The van der Waals surface area contributed by atoms with Gasteiger partial charge in [0.05, 0.1) is 5.69 Å². The first-order valence-electron chi connectivity index (χ1n) is 11.0. The van der Waals surface area contributed by atoms with Crippen molar-refractivity contribution < 1.29 is 8.78 Å². The number of hydrogen-bond donors (Lipinski definition) is 2. The van der Waals surface area contributed by atoms with Gasteiger partial charge >= 0.3 is 0 Å². The van der Waals surface area contributed by atoms with Crippen LogP contribution in [0.1, 0.15) is 23.6 Å². The smallest absolute Gasteiger partial charge is 0.223 e. The molecule has 5 nitrogen and oxygen atoms in total. The molecule has 0 radical (unpaired) electrons. The fourth-order valence-electron chi connectivity index (χ4n) is 4.06. The average Bonchev–Trinajstić information content (AvgIpc) is 2.76. The first-order chi connectivity index (χ1) is 15.5. The van der Waals surface area contributed by atoms with Crippen LogP contribution in [0.2, 0.25) is 0 Å². The number of hydrogen-bond acceptors (Lipinski definition) is 5. The second kappa shape index (κ2) is 10.1. The quantitative estimate of drug-likeness (QED) is 0.581. The molecule has 3 aromatic rings. The van der Waals surface area contributed by atoms with Crippen molar-refractivity contribution in [2.45, 2.75) is 32.9 Å². The molecule has 7 heteroatoms. The minimum absolute atomic E-state index is 0.472. The second-order valence-corrected chi connectivity index (χ2v) is 8.39. The van der Waals surface area contributed by atoms with Gasteiger partial charge in [0.2, 0.25) is 5.95 Å². The van der Waals surface area contributed by atoms with E-state index in [1.54, 1.807) is 6.20 Å². The van der Waals surface area contributed by atoms with Gasteiger partial charge in [-0.25, -0.2) is 18.7 Å². The van der Waals surface area contributed by atoms with Crippen molar-refractivity contribution >= 4 is 5.95 Å². The van der Waals surface area contributed by atoms with E-state index < -0.39 is 11.6 Å². The van der Waals surface area contributed by atoms with Gasteiger partial charge < -0.3 is 10.6 Å². The Hall–Kier alpha value is -2.90. The molecule has 1 aliphatic heterocycles. The molecule has 0 unspecified atom stereocenters. The van der Waals surface area contributed by atoms with Crippen LogP contribution in [0.25, 0.3) is 11.3 Å². The minimum atomic E-state index is -0.566. The zero-order valence-electron chi connectivity index (χ0n) is 18.5. The molecule has 2 aromatic carbocycles. The third kappa shape index (κ3) is 5.66. The molecule has 0 saturated carbocycles. The molecule has 1 atom stereocenters. The molecular weight excluding hydrogens is 408 g/mol. The van der Waals surface area contributed by atoms with Gasteiger partial charge in [-0.15, -0.1) is 0 Å². The van der Waals surface area contributed by atoms with E-state index in [1.807, 2.05) is 6.07 Å². The van der Waals surface area contributed by atoms with E-state index in [2.05, 4.69) is 57.5 Å². The molecule has 32 heavy (non-hydrogen) atoms. The monoisotopic (exact) mass is 437 g/mol. The fourth-order valence-corrected chi connectivity index (χ4v) is 4.06. The predicted octanol–water partition coefficient (Wildman–Crippen LogP) is 4.18. The zero-order valence-corrected chi connectivity index (χ0v) is 18.5. The van der Waals surface area contributed by atoms with Gasteiger partial charge in [0.25, 0.3) is 0 Å². The molecular formula is C25H29F2N5. The molecule has 2 N–H and O–H groups in total. The SMILES string of the molecule is Cc1ccc(CN2CCNC[C@@H]2C)cc1-c1ccnc(NCCc2cc(F)cc(F)c2)n1. The lowest BCUT2D eigenvalue weighted by molar-refractivity contribution is 0.165. The molecule has 1 fully saturated rings. The summed E-state index contributed by atoms with van der Waals surface area (Å²) in [6, 6.07) is 12.5. The number of aromatic nitrogens is 2. The third-order valence-electron chi connectivity index (χ3n) is 5.88. The van der Waals surface area contributed by atoms with Crippen LogP contribution in [-0.4, -0.2) is 47.1 Å². The largest absolute Gasteiger partial charge is 0.354 e. The summed E-state index contributed by atoms with van der Waals surface area (Å²) in [5.41, 5.74) is 4.95. The number of nitrogens with one attached hydrogen (secondary N) is 2. The average molecular weight is 438 g/mol. The molecule has 1 aromatic heterocycles. The molecule has 0 aliphatic carbocycles. The van der Waals surface area contributed by atoms with Gasteiger partial charge in [-0.1, -0.05) is 12.1 Å². The van der Waals surface area contributed by atoms with E-state index in [9.17, 15) is 8.78 Å². The van der Waals surface area contributed by atoms with Crippen LogP contribution in [0.3, 0.4) is 0 Å². The van der Waals surface area contributed by atoms with E-state index in [0.717, 1.165) is 49.1 Å². The standard InChI is InChI=1S/C25H29F2N5/c1-17-3-4-20(16-32-10-9-28-15-18(32)2)13-23(17)24-6-8-30-25(31-24)29-7-5-19-11-21(26)14-22(27)12-19/h3-4,6,8,11-14,18,28H,5,7,9-10,15-16H2,1-2H3,(H,29,30,31)/t18-/m0/s1. The first-order valence-corrected chi connectivity index (χ1v) is 11.0. The lowest BCUT2D eigenvalue weighted by Crippen LogP contribution is -2.49. The number of piperazine rings is 1. The Morgan fingerprint density at radius 1 is 1.09 bits per heavy atom. The van der Waals surface area contributed by atoms with E-state index in [0.29, 0.717) is 30.5 Å². The van der Waals surface area contributed by atoms with Crippen LogP contribution in [0.5, 0.6) is 0 Å². The van der Waals surface area contributed by atoms with Crippen molar-refractivity contribution in [1.29, 1.82) is 0 Å². The molecule has 0 amide bonds. The van der Waals surface area contributed by atoms with Crippen LogP contribution in [0.15, 0.2) is 48.7 Å². The highest BCUT2D eigenvalue weighted by atomic mass is 19.1. The summed E-state index contributed by atoms with van der Waals surface area (Å²) in [5.74, 6) is -0.632. The van der Waals surface area contributed by atoms with Crippen LogP contribution >= 0.6 is 0 Å². The van der Waals surface area contributed by atoms with Gasteiger partial charge in [0.15, 0.2) is 0 Å². The molecule has 1 saturated heterocycles. The Morgan fingerprint density at radius 2 is 1.91 bits per heavy atom. The van der Waals surface area contributed by atoms with Crippen LogP contribution in [0.4, 0.5) is 14.7 Å². The van der Waals surface area contributed by atoms with E-state index >= 15 is 0 Å². The van der Waals surface area contributed by atoms with E-state index in [-0.39, 0.29) is 0 Å². The highest BCUT2D eigenvalue weighted by molar-refractivity contribution is 5.65. The maximum atomic E-state index is 13.4. The Bertz CT molecular complexity index is 1050. The van der Waals surface area contributed by atoms with E-state index in [4.69, 9.17) is 0 Å². The fraction of sp³-hybridized carbons (Fsp3) is 0.360. The van der Waals surface area contributed by atoms with Gasteiger partial charge in [0, 0.05) is 56.6 Å². The second-order valence-electron chi connectivity index (χ2n) is 8.39. The predicted molar refractivity (Wildman–Crippen MR) is 123 cm³/mol. The molecule has 1 aliphatic rings. The van der Waals surface area contributed by atoms with Crippen LogP contribution in [-0.2, 0) is 13.0 Å². The van der Waals surface area contributed by atoms with Gasteiger partial charge in [-0.05, 0) is 61.2 Å². The first kappa shape index (κ1) is 22.3. The Kier molecular flexibility index (Phi) is 7.07. The number of rotatable bonds is 7. The lowest BCUT2D eigenvalue weighted by Gasteiger charge is -2.34. The number of anilines is 1. The Labute approximate surface area is 187 Å². The topological polar surface area (TPSA) is 53.1 Å². The molecule has 4 rings (SSSR count). The van der Waals surface area contributed by atoms with Crippen molar-refractivity contribution in [3.8, 4) is 11.3 Å². The van der Waals surface area contributed by atoms with Crippen LogP contribution in [0, 0.1) is 18.6 Å². The number of benzene rings is 2. The van der Waals surface area contributed by atoms with E-state index in [1.165, 1.54) is 17.7 Å². The van der Waals surface area contributed by atoms with Gasteiger partial charge in [0.1, 0.15) is 11.6 Å². The molecule has 0 spiro atoms. The van der Waals surface area contributed by atoms with Gasteiger partial charge in [-0.2, -0.15) is 0 Å². The number of nitrogens with zero attached hydrogens (tertiary/aromatic N) is 3. The van der Waals surface area contributed by atoms with Gasteiger partial charge in [-0.3, -0.25) is 4.90 Å². The van der Waals surface area contributed by atoms with Crippen molar-refractivity contribution in [2.24, 2.45) is 0 Å². The zero-order chi connectivity index (χ0) is 22.5. The van der Waals surface area contributed by atoms with Crippen LogP contribution < -0.4 is 10.6 Å². The normalized spacial score (nSPS) is 16.8. The Balaban J connectivity index is 1.45. The summed E-state index contributed by atoms with van der Waals surface area (Å²) in [6.45, 7) is 8.81. The van der Waals surface area contributed by atoms with Crippen molar-refractivity contribution in [3.05, 3.63) is 77.0 Å². The number of aryl methyl sites for hydroxylation is 1. The Morgan fingerprint density at radius 3 is 2.69 bits per heavy atom. The molecule has 168 valence electrons. The highest BCUT2D eigenvalue weighted by Crippen LogP contribution is 2.24. The molecule has 2 heterocycles. The number of halogens is 2. The van der Waals surface area contributed by atoms with Crippen molar-refractivity contribution in [1.82, 2.24) is 20.2 Å². The minimum Gasteiger partial charge on any atom is -0.354 e. The summed E-state index contributed by atoms with van der Waals surface area (Å²) in [5, 5.41) is 6.60. The summed E-state index contributed by atoms with van der Waals surface area (Å²) < 4.78 is 26.7. The summed E-state index contributed by atoms with van der Waals surface area (Å²) >= 11 is 0. The summed E-state index contributed by atoms with van der Waals surface area (Å²) in [7, 11) is 0. The summed E-state index contributed by atoms with van der Waals surface area (Å²) in [4.78, 5) is 11.5. The summed E-state index contributed by atoms with van der Waals surface area (Å²) in [6.07, 6.45) is 2.21. The van der Waals surface area contributed by atoms with Crippen molar-refractivity contribution in [3.63, 3.8) is 0 Å². The molecule has 0 bridgehead atoms. The van der Waals surface area contributed by atoms with Crippen molar-refractivity contribution in [2.75, 3.05) is 31.5 Å². The maximum absolute atomic E-state index is 13.4.